The van der Waals surface area contributed by atoms with Crippen molar-refractivity contribution in [1.29, 1.82) is 0 Å². The van der Waals surface area contributed by atoms with Gasteiger partial charge in [-0.05, 0) is 38.3 Å². The van der Waals surface area contributed by atoms with Crippen molar-refractivity contribution in [2.24, 2.45) is 5.92 Å². The highest BCUT2D eigenvalue weighted by Gasteiger charge is 2.27. The minimum absolute atomic E-state index is 0.299. The van der Waals surface area contributed by atoms with Crippen LogP contribution in [0.5, 0.6) is 0 Å². The van der Waals surface area contributed by atoms with Gasteiger partial charge in [-0.3, -0.25) is 4.79 Å². The quantitative estimate of drug-likeness (QED) is 0.800. The third-order valence-corrected chi connectivity index (χ3v) is 3.88. The first-order chi connectivity index (χ1) is 8.31. The Labute approximate surface area is 104 Å². The van der Waals surface area contributed by atoms with E-state index in [2.05, 4.69) is 12.2 Å². The predicted molar refractivity (Wildman–Crippen MR) is 66.8 cm³/mol. The molecule has 2 rings (SSSR count). The number of rotatable bonds is 3. The average Bonchev–Trinajstić information content (AvgIpc) is 2.40. The number of carbonyl (C=O) groups is 1. The number of nitrogens with zero attached hydrogens (tertiary/aromatic N) is 1. The molecular weight excluding hydrogens is 216 g/mol. The van der Waals surface area contributed by atoms with E-state index in [0.29, 0.717) is 37.5 Å². The first-order valence-corrected chi connectivity index (χ1v) is 6.89. The number of nitrogens with one attached hydrogen (secondary N) is 1. The van der Waals surface area contributed by atoms with Crippen molar-refractivity contribution >= 4 is 5.91 Å². The molecule has 4 nitrogen and oxygen atoms in total. The Morgan fingerprint density at radius 2 is 2.41 bits per heavy atom. The zero-order valence-electron chi connectivity index (χ0n) is 10.8. The second-order valence-corrected chi connectivity index (χ2v) is 5.14. The van der Waals surface area contributed by atoms with Gasteiger partial charge in [-0.15, -0.1) is 0 Å². The van der Waals surface area contributed by atoms with E-state index in [4.69, 9.17) is 4.74 Å². The van der Waals surface area contributed by atoms with Crippen molar-refractivity contribution in [3.05, 3.63) is 0 Å². The molecule has 98 valence electrons. The first-order valence-electron chi connectivity index (χ1n) is 6.89. The largest absolute Gasteiger partial charge is 0.377 e. The summed E-state index contributed by atoms with van der Waals surface area (Å²) in [6, 6.07) is 0.299. The molecule has 1 amide bonds. The van der Waals surface area contributed by atoms with Gasteiger partial charge in [-0.1, -0.05) is 6.92 Å². The van der Waals surface area contributed by atoms with Gasteiger partial charge in [0.15, 0.2) is 0 Å². The third-order valence-electron chi connectivity index (χ3n) is 3.88. The van der Waals surface area contributed by atoms with Gasteiger partial charge in [0.2, 0.25) is 5.91 Å². The Balaban J connectivity index is 1.84. The van der Waals surface area contributed by atoms with Crippen LogP contribution >= 0.6 is 0 Å². The van der Waals surface area contributed by atoms with Crippen molar-refractivity contribution in [2.75, 3.05) is 32.8 Å². The summed E-state index contributed by atoms with van der Waals surface area (Å²) in [5.41, 5.74) is 0. The highest BCUT2D eigenvalue weighted by atomic mass is 16.5. The Morgan fingerprint density at radius 3 is 3.12 bits per heavy atom. The highest BCUT2D eigenvalue weighted by molar-refractivity contribution is 5.77. The Bertz CT molecular complexity index is 252. The van der Waals surface area contributed by atoms with E-state index in [1.807, 2.05) is 4.90 Å². The molecule has 2 fully saturated rings. The molecule has 0 aliphatic carbocycles. The molecule has 0 aromatic rings. The van der Waals surface area contributed by atoms with Crippen LogP contribution in [0.2, 0.25) is 0 Å². The maximum absolute atomic E-state index is 12.3. The van der Waals surface area contributed by atoms with Gasteiger partial charge in [-0.2, -0.15) is 0 Å². The number of morpholine rings is 1. The fraction of sp³-hybridized carbons (Fsp3) is 0.923. The first kappa shape index (κ1) is 12.8. The smallest absolute Gasteiger partial charge is 0.223 e. The van der Waals surface area contributed by atoms with Crippen molar-refractivity contribution in [3.8, 4) is 0 Å². The van der Waals surface area contributed by atoms with Crippen LogP contribution in [0.25, 0.3) is 0 Å². The predicted octanol–water partition coefficient (Wildman–Crippen LogP) is 1.01. The zero-order chi connectivity index (χ0) is 12.1. The fourth-order valence-corrected chi connectivity index (χ4v) is 2.78. The molecule has 0 radical (unpaired) electrons. The summed E-state index contributed by atoms with van der Waals surface area (Å²) in [7, 11) is 0. The summed E-state index contributed by atoms with van der Waals surface area (Å²) in [5, 5.41) is 3.37. The summed E-state index contributed by atoms with van der Waals surface area (Å²) in [5.74, 6) is 0.866. The molecule has 2 heterocycles. The maximum Gasteiger partial charge on any atom is 0.223 e. The van der Waals surface area contributed by atoms with Gasteiger partial charge in [-0.25, -0.2) is 0 Å². The highest BCUT2D eigenvalue weighted by Crippen LogP contribution is 2.18. The summed E-state index contributed by atoms with van der Waals surface area (Å²) in [6.07, 6.45) is 4.11. The van der Waals surface area contributed by atoms with Gasteiger partial charge in [0, 0.05) is 13.0 Å². The maximum atomic E-state index is 12.3. The molecular formula is C13H24N2O2. The second-order valence-electron chi connectivity index (χ2n) is 5.14. The fourth-order valence-electron chi connectivity index (χ4n) is 2.78. The standard InChI is InChI=1S/C13H24N2O2/c1-2-12-10-17-7-6-15(12)13(16)8-11-4-3-5-14-9-11/h11-12,14H,2-10H2,1H3. The van der Waals surface area contributed by atoms with Crippen LogP contribution in [0.1, 0.15) is 32.6 Å². The number of amides is 1. The molecule has 2 aliphatic heterocycles. The minimum atomic E-state index is 0.299. The summed E-state index contributed by atoms with van der Waals surface area (Å²) in [4.78, 5) is 14.3. The molecule has 2 unspecified atom stereocenters. The molecule has 0 aromatic heterocycles. The van der Waals surface area contributed by atoms with Crippen molar-refractivity contribution in [2.45, 2.75) is 38.6 Å². The molecule has 0 spiro atoms. The molecule has 4 heteroatoms. The molecule has 0 aromatic carbocycles. The normalized spacial score (nSPS) is 30.3. The van der Waals surface area contributed by atoms with Crippen molar-refractivity contribution in [3.63, 3.8) is 0 Å². The Kier molecular flexibility index (Phi) is 4.80. The van der Waals surface area contributed by atoms with Crippen molar-refractivity contribution < 1.29 is 9.53 Å². The van der Waals surface area contributed by atoms with Crippen LogP contribution < -0.4 is 5.32 Å². The number of hydrogen-bond donors (Lipinski definition) is 1. The Morgan fingerprint density at radius 1 is 1.53 bits per heavy atom. The van der Waals surface area contributed by atoms with Crippen LogP contribution in [0.3, 0.4) is 0 Å². The van der Waals surface area contributed by atoms with Gasteiger partial charge in [0.1, 0.15) is 0 Å². The number of hydrogen-bond acceptors (Lipinski definition) is 3. The second kappa shape index (κ2) is 6.36. The number of piperidine rings is 1. The van der Waals surface area contributed by atoms with Crippen LogP contribution in [-0.4, -0.2) is 49.7 Å². The van der Waals surface area contributed by atoms with Crippen molar-refractivity contribution in [1.82, 2.24) is 10.2 Å². The van der Waals surface area contributed by atoms with E-state index in [1.165, 1.54) is 12.8 Å². The zero-order valence-corrected chi connectivity index (χ0v) is 10.8. The minimum Gasteiger partial charge on any atom is -0.377 e. The number of ether oxygens (including phenoxy) is 1. The van der Waals surface area contributed by atoms with Gasteiger partial charge >= 0.3 is 0 Å². The molecule has 2 atom stereocenters. The van der Waals surface area contributed by atoms with Gasteiger partial charge in [0.05, 0.1) is 19.3 Å². The molecule has 0 bridgehead atoms. The van der Waals surface area contributed by atoms with Gasteiger partial charge in [0.25, 0.3) is 0 Å². The van der Waals surface area contributed by atoms with E-state index in [0.717, 1.165) is 26.1 Å². The topological polar surface area (TPSA) is 41.6 Å². The lowest BCUT2D eigenvalue weighted by atomic mass is 9.95. The monoisotopic (exact) mass is 240 g/mol. The average molecular weight is 240 g/mol. The van der Waals surface area contributed by atoms with Crippen LogP contribution in [0.4, 0.5) is 0 Å². The van der Waals surface area contributed by atoms with E-state index < -0.39 is 0 Å². The lowest BCUT2D eigenvalue weighted by Crippen LogP contribution is -2.49. The van der Waals surface area contributed by atoms with E-state index in [1.54, 1.807) is 0 Å². The molecule has 1 N–H and O–H groups in total. The summed E-state index contributed by atoms with van der Waals surface area (Å²) >= 11 is 0. The van der Waals surface area contributed by atoms with E-state index in [-0.39, 0.29) is 0 Å². The molecule has 2 saturated heterocycles. The lowest BCUT2D eigenvalue weighted by Gasteiger charge is -2.36. The molecule has 0 saturated carbocycles. The lowest BCUT2D eigenvalue weighted by molar-refractivity contribution is -0.141. The van der Waals surface area contributed by atoms with Crippen LogP contribution in [0, 0.1) is 5.92 Å². The third kappa shape index (κ3) is 3.42. The van der Waals surface area contributed by atoms with E-state index >= 15 is 0 Å². The van der Waals surface area contributed by atoms with E-state index in [9.17, 15) is 4.79 Å². The number of carbonyl (C=O) groups excluding carboxylic acids is 1. The molecule has 17 heavy (non-hydrogen) atoms. The van der Waals surface area contributed by atoms with Gasteiger partial charge < -0.3 is 15.0 Å². The van der Waals surface area contributed by atoms with Crippen LogP contribution in [-0.2, 0) is 9.53 Å². The Hall–Kier alpha value is -0.610. The van der Waals surface area contributed by atoms with Crippen LogP contribution in [0.15, 0.2) is 0 Å². The molecule has 2 aliphatic rings. The summed E-state index contributed by atoms with van der Waals surface area (Å²) < 4.78 is 5.44. The SMILES string of the molecule is CCC1COCCN1C(=O)CC1CCCNC1. The summed E-state index contributed by atoms with van der Waals surface area (Å²) in [6.45, 7) is 6.43.